The first-order valence-corrected chi connectivity index (χ1v) is 6.58. The van der Waals surface area contributed by atoms with Gasteiger partial charge in [0.25, 0.3) is 5.56 Å². The van der Waals surface area contributed by atoms with E-state index in [0.717, 1.165) is 25.3 Å². The number of hydrogen-bond acceptors (Lipinski definition) is 4. The summed E-state index contributed by atoms with van der Waals surface area (Å²) >= 11 is 0. The highest BCUT2D eigenvalue weighted by molar-refractivity contribution is 5.35. The van der Waals surface area contributed by atoms with Crippen LogP contribution in [-0.2, 0) is 4.74 Å². The highest BCUT2D eigenvalue weighted by Crippen LogP contribution is 2.26. The monoisotopic (exact) mass is 251 g/mol. The van der Waals surface area contributed by atoms with Gasteiger partial charge in [-0.1, -0.05) is 13.8 Å². The first-order chi connectivity index (χ1) is 8.58. The van der Waals surface area contributed by atoms with E-state index in [2.05, 4.69) is 15.3 Å². The van der Waals surface area contributed by atoms with Gasteiger partial charge < -0.3 is 15.0 Å². The summed E-state index contributed by atoms with van der Waals surface area (Å²) < 4.78 is 5.50. The van der Waals surface area contributed by atoms with Crippen LogP contribution in [0.25, 0.3) is 0 Å². The van der Waals surface area contributed by atoms with E-state index in [0.29, 0.717) is 18.0 Å². The lowest BCUT2D eigenvalue weighted by Crippen LogP contribution is -2.41. The van der Waals surface area contributed by atoms with Crippen LogP contribution in [-0.4, -0.2) is 28.7 Å². The van der Waals surface area contributed by atoms with Crippen molar-refractivity contribution < 1.29 is 4.74 Å². The van der Waals surface area contributed by atoms with Gasteiger partial charge in [-0.15, -0.1) is 0 Å². The minimum Gasteiger partial charge on any atom is -0.378 e. The number of rotatable bonds is 5. The molecule has 1 heterocycles. The summed E-state index contributed by atoms with van der Waals surface area (Å²) in [7, 11) is 0. The van der Waals surface area contributed by atoms with Crippen LogP contribution in [0.2, 0.25) is 0 Å². The maximum Gasteiger partial charge on any atom is 0.252 e. The van der Waals surface area contributed by atoms with Crippen LogP contribution in [0.5, 0.6) is 0 Å². The van der Waals surface area contributed by atoms with Crippen LogP contribution in [0.1, 0.15) is 45.4 Å². The van der Waals surface area contributed by atoms with Crippen molar-refractivity contribution in [1.29, 1.82) is 0 Å². The Morgan fingerprint density at radius 3 is 2.89 bits per heavy atom. The molecule has 0 amide bonds. The molecule has 1 saturated carbocycles. The number of hydrogen-bond donors (Lipinski definition) is 2. The first kappa shape index (κ1) is 13.1. The number of aromatic amines is 1. The quantitative estimate of drug-likeness (QED) is 0.838. The minimum atomic E-state index is -0.100. The van der Waals surface area contributed by atoms with E-state index in [4.69, 9.17) is 4.74 Å². The molecule has 1 fully saturated rings. The normalized spacial score (nSPS) is 22.9. The van der Waals surface area contributed by atoms with Crippen molar-refractivity contribution in [3.05, 3.63) is 22.2 Å². The molecule has 2 N–H and O–H groups in total. The molecule has 5 heteroatoms. The van der Waals surface area contributed by atoms with Gasteiger partial charge in [0.1, 0.15) is 11.6 Å². The molecule has 0 unspecified atom stereocenters. The predicted molar refractivity (Wildman–Crippen MR) is 71.0 cm³/mol. The van der Waals surface area contributed by atoms with Gasteiger partial charge in [-0.05, 0) is 19.8 Å². The van der Waals surface area contributed by atoms with Crippen molar-refractivity contribution in [2.45, 2.75) is 51.7 Å². The van der Waals surface area contributed by atoms with E-state index in [1.807, 2.05) is 20.8 Å². The van der Waals surface area contributed by atoms with Gasteiger partial charge in [0.05, 0.1) is 6.10 Å². The maximum atomic E-state index is 11.5. The van der Waals surface area contributed by atoms with Crippen molar-refractivity contribution in [2.24, 2.45) is 0 Å². The molecule has 1 aliphatic carbocycles. The lowest BCUT2D eigenvalue weighted by atomic mass is 9.89. The number of H-pyrrole nitrogens is 1. The highest BCUT2D eigenvalue weighted by Gasteiger charge is 2.29. The van der Waals surface area contributed by atoms with Crippen molar-refractivity contribution in [3.63, 3.8) is 0 Å². The van der Waals surface area contributed by atoms with Gasteiger partial charge in [-0.3, -0.25) is 4.79 Å². The SMILES string of the molecule is CCOC1CC(Nc2cc(=O)[nH]c(C(C)C)n2)C1. The summed E-state index contributed by atoms with van der Waals surface area (Å²) in [5, 5.41) is 3.29. The van der Waals surface area contributed by atoms with Gasteiger partial charge in [-0.25, -0.2) is 4.98 Å². The Balaban J connectivity index is 1.96. The van der Waals surface area contributed by atoms with E-state index in [9.17, 15) is 4.79 Å². The fraction of sp³-hybridized carbons (Fsp3) is 0.692. The van der Waals surface area contributed by atoms with Crippen LogP contribution >= 0.6 is 0 Å². The lowest BCUT2D eigenvalue weighted by Gasteiger charge is -2.35. The molecule has 0 radical (unpaired) electrons. The molecule has 0 bridgehead atoms. The Kier molecular flexibility index (Phi) is 4.01. The molecule has 0 saturated heterocycles. The third-order valence-corrected chi connectivity index (χ3v) is 3.16. The van der Waals surface area contributed by atoms with Crippen LogP contribution in [0.15, 0.2) is 10.9 Å². The topological polar surface area (TPSA) is 67.0 Å². The summed E-state index contributed by atoms with van der Waals surface area (Å²) in [6.45, 7) is 6.79. The highest BCUT2D eigenvalue weighted by atomic mass is 16.5. The molecule has 0 aliphatic heterocycles. The van der Waals surface area contributed by atoms with Crippen molar-refractivity contribution >= 4 is 5.82 Å². The lowest BCUT2D eigenvalue weighted by molar-refractivity contribution is 0.00292. The van der Waals surface area contributed by atoms with E-state index >= 15 is 0 Å². The Bertz CT molecular complexity index is 450. The summed E-state index contributed by atoms with van der Waals surface area (Å²) in [6, 6.07) is 1.88. The number of nitrogens with zero attached hydrogens (tertiary/aromatic N) is 1. The molecule has 0 atom stereocenters. The zero-order valence-corrected chi connectivity index (χ0v) is 11.2. The van der Waals surface area contributed by atoms with Crippen LogP contribution in [0.3, 0.4) is 0 Å². The van der Waals surface area contributed by atoms with Gasteiger partial charge in [0, 0.05) is 24.6 Å². The van der Waals surface area contributed by atoms with Gasteiger partial charge >= 0.3 is 0 Å². The van der Waals surface area contributed by atoms with Crippen molar-refractivity contribution in [3.8, 4) is 0 Å². The third-order valence-electron chi connectivity index (χ3n) is 3.16. The zero-order valence-electron chi connectivity index (χ0n) is 11.2. The molecule has 2 rings (SSSR count). The number of aromatic nitrogens is 2. The molecular weight excluding hydrogens is 230 g/mol. The first-order valence-electron chi connectivity index (χ1n) is 6.58. The maximum absolute atomic E-state index is 11.5. The molecule has 18 heavy (non-hydrogen) atoms. The summed E-state index contributed by atoms with van der Waals surface area (Å²) in [4.78, 5) is 18.7. The Hall–Kier alpha value is -1.36. The second-order valence-electron chi connectivity index (χ2n) is 5.06. The molecule has 5 nitrogen and oxygen atoms in total. The fourth-order valence-electron chi connectivity index (χ4n) is 2.09. The summed E-state index contributed by atoms with van der Waals surface area (Å²) in [6.07, 6.45) is 2.33. The van der Waals surface area contributed by atoms with E-state index < -0.39 is 0 Å². The minimum absolute atomic E-state index is 0.100. The van der Waals surface area contributed by atoms with E-state index in [-0.39, 0.29) is 11.5 Å². The van der Waals surface area contributed by atoms with Gasteiger partial charge in [0.2, 0.25) is 0 Å². The Morgan fingerprint density at radius 1 is 1.56 bits per heavy atom. The summed E-state index contributed by atoms with van der Waals surface area (Å²) in [5.74, 6) is 1.62. The van der Waals surface area contributed by atoms with Crippen LogP contribution in [0.4, 0.5) is 5.82 Å². The predicted octanol–water partition coefficient (Wildman–Crippen LogP) is 1.87. The Labute approximate surface area is 107 Å². The molecule has 0 spiro atoms. The molecule has 100 valence electrons. The number of anilines is 1. The van der Waals surface area contributed by atoms with Gasteiger partial charge in [0.15, 0.2) is 0 Å². The second kappa shape index (κ2) is 5.52. The average molecular weight is 251 g/mol. The molecule has 1 aromatic heterocycles. The number of nitrogens with one attached hydrogen (secondary N) is 2. The Morgan fingerprint density at radius 2 is 2.28 bits per heavy atom. The largest absolute Gasteiger partial charge is 0.378 e. The van der Waals surface area contributed by atoms with Gasteiger partial charge in [-0.2, -0.15) is 0 Å². The average Bonchev–Trinajstić information content (AvgIpc) is 2.25. The van der Waals surface area contributed by atoms with Crippen LogP contribution in [0, 0.1) is 0 Å². The van der Waals surface area contributed by atoms with Crippen LogP contribution < -0.4 is 10.9 Å². The molecule has 0 aromatic carbocycles. The van der Waals surface area contributed by atoms with Crippen molar-refractivity contribution in [2.75, 3.05) is 11.9 Å². The smallest absolute Gasteiger partial charge is 0.252 e. The summed E-state index contributed by atoms with van der Waals surface area (Å²) in [5.41, 5.74) is -0.100. The molecular formula is C13H21N3O2. The van der Waals surface area contributed by atoms with Crippen molar-refractivity contribution in [1.82, 2.24) is 9.97 Å². The standard InChI is InChI=1S/C13H21N3O2/c1-4-18-10-5-9(6-10)14-11-7-12(17)16-13(15-11)8(2)3/h7-10H,4-6H2,1-3H3,(H2,14,15,16,17). The fourth-order valence-corrected chi connectivity index (χ4v) is 2.09. The second-order valence-corrected chi connectivity index (χ2v) is 5.06. The number of ether oxygens (including phenoxy) is 1. The molecule has 1 aromatic rings. The third kappa shape index (κ3) is 3.10. The van der Waals surface area contributed by atoms with E-state index in [1.54, 1.807) is 0 Å². The zero-order chi connectivity index (χ0) is 13.1. The van der Waals surface area contributed by atoms with E-state index in [1.165, 1.54) is 6.07 Å². The molecule has 1 aliphatic rings.